The van der Waals surface area contributed by atoms with Crippen LogP contribution >= 0.6 is 22.9 Å². The van der Waals surface area contributed by atoms with Crippen LogP contribution in [0.3, 0.4) is 0 Å². The van der Waals surface area contributed by atoms with Crippen molar-refractivity contribution in [3.8, 4) is 5.75 Å². The van der Waals surface area contributed by atoms with Gasteiger partial charge in [0.05, 0.1) is 22.8 Å². The smallest absolute Gasteiger partial charge is 0.404 e. The average molecular weight is 338 g/mol. The quantitative estimate of drug-likeness (QED) is 0.663. The van der Waals surface area contributed by atoms with Crippen LogP contribution in [0.5, 0.6) is 5.75 Å². The Kier molecular flexibility index (Phi) is 4.17. The van der Waals surface area contributed by atoms with Crippen molar-refractivity contribution in [2.45, 2.75) is 13.2 Å². The van der Waals surface area contributed by atoms with Crippen molar-refractivity contribution >= 4 is 39.9 Å². The summed E-state index contributed by atoms with van der Waals surface area (Å²) in [5.41, 5.74) is 4.18. The SMILES string of the molecule is O=C(O)NCc1cc2cc(Cl)c(OCc3cscn3)cc2[nH]1. The number of nitrogens with zero attached hydrogens (tertiary/aromatic N) is 1. The topological polar surface area (TPSA) is 87.2 Å². The van der Waals surface area contributed by atoms with E-state index in [1.807, 2.05) is 11.4 Å². The van der Waals surface area contributed by atoms with Crippen molar-refractivity contribution in [2.24, 2.45) is 0 Å². The van der Waals surface area contributed by atoms with E-state index >= 15 is 0 Å². The van der Waals surface area contributed by atoms with Crippen LogP contribution in [0.25, 0.3) is 10.9 Å². The summed E-state index contributed by atoms with van der Waals surface area (Å²) in [6, 6.07) is 5.43. The lowest BCUT2D eigenvalue weighted by Gasteiger charge is -2.06. The number of hydrogen-bond donors (Lipinski definition) is 3. The predicted octanol–water partition coefficient (Wildman–Crippen LogP) is 3.62. The minimum absolute atomic E-state index is 0.205. The monoisotopic (exact) mass is 337 g/mol. The Morgan fingerprint density at radius 2 is 2.32 bits per heavy atom. The highest BCUT2D eigenvalue weighted by Crippen LogP contribution is 2.31. The maximum Gasteiger partial charge on any atom is 0.404 e. The van der Waals surface area contributed by atoms with Crippen LogP contribution in [-0.4, -0.2) is 21.2 Å². The van der Waals surface area contributed by atoms with Crippen molar-refractivity contribution in [3.05, 3.63) is 45.5 Å². The second-order valence-electron chi connectivity index (χ2n) is 4.59. The van der Waals surface area contributed by atoms with Crippen LogP contribution in [0.2, 0.25) is 5.02 Å². The van der Waals surface area contributed by atoms with E-state index in [4.69, 9.17) is 21.4 Å². The van der Waals surface area contributed by atoms with Gasteiger partial charge in [0.2, 0.25) is 0 Å². The van der Waals surface area contributed by atoms with Crippen molar-refractivity contribution in [2.75, 3.05) is 0 Å². The molecule has 3 N–H and O–H groups in total. The van der Waals surface area contributed by atoms with Gasteiger partial charge in [-0.15, -0.1) is 11.3 Å². The van der Waals surface area contributed by atoms with Crippen LogP contribution in [0.4, 0.5) is 4.79 Å². The van der Waals surface area contributed by atoms with Crippen molar-refractivity contribution in [3.63, 3.8) is 0 Å². The Hall–Kier alpha value is -2.25. The van der Waals surface area contributed by atoms with Gasteiger partial charge in [0.15, 0.2) is 0 Å². The van der Waals surface area contributed by atoms with E-state index in [0.29, 0.717) is 17.4 Å². The predicted molar refractivity (Wildman–Crippen MR) is 84.6 cm³/mol. The fourth-order valence-electron chi connectivity index (χ4n) is 2.03. The molecule has 2 heterocycles. The number of aromatic nitrogens is 2. The van der Waals surface area contributed by atoms with E-state index in [1.54, 1.807) is 17.6 Å². The van der Waals surface area contributed by atoms with E-state index < -0.39 is 6.09 Å². The molecule has 3 rings (SSSR count). The molecule has 0 bridgehead atoms. The number of aromatic amines is 1. The minimum atomic E-state index is -1.07. The molecule has 2 aromatic heterocycles. The van der Waals surface area contributed by atoms with Crippen LogP contribution in [0, 0.1) is 0 Å². The molecule has 6 nitrogen and oxygen atoms in total. The largest absolute Gasteiger partial charge is 0.486 e. The van der Waals surface area contributed by atoms with Gasteiger partial charge >= 0.3 is 6.09 Å². The molecule has 114 valence electrons. The first kappa shape index (κ1) is 14.7. The molecule has 8 heteroatoms. The summed E-state index contributed by atoms with van der Waals surface area (Å²) in [7, 11) is 0. The second kappa shape index (κ2) is 6.25. The summed E-state index contributed by atoms with van der Waals surface area (Å²) in [5, 5.41) is 14.2. The second-order valence-corrected chi connectivity index (χ2v) is 5.72. The number of rotatable bonds is 5. The lowest BCUT2D eigenvalue weighted by molar-refractivity contribution is 0.194. The zero-order valence-electron chi connectivity index (χ0n) is 11.3. The number of carbonyl (C=O) groups is 1. The van der Waals surface area contributed by atoms with Crippen LogP contribution < -0.4 is 10.1 Å². The number of thiazole rings is 1. The van der Waals surface area contributed by atoms with Gasteiger partial charge in [-0.05, 0) is 12.1 Å². The average Bonchev–Trinajstić information content (AvgIpc) is 3.11. The van der Waals surface area contributed by atoms with Crippen LogP contribution in [0.1, 0.15) is 11.4 Å². The third kappa shape index (κ3) is 3.32. The lowest BCUT2D eigenvalue weighted by atomic mass is 10.2. The summed E-state index contributed by atoms with van der Waals surface area (Å²) >= 11 is 7.72. The number of halogens is 1. The van der Waals surface area contributed by atoms with Crippen molar-refractivity contribution in [1.82, 2.24) is 15.3 Å². The molecule has 0 aliphatic heterocycles. The van der Waals surface area contributed by atoms with Gasteiger partial charge < -0.3 is 20.1 Å². The number of amides is 1. The van der Waals surface area contributed by atoms with Gasteiger partial charge in [0.1, 0.15) is 12.4 Å². The van der Waals surface area contributed by atoms with Gasteiger partial charge in [-0.25, -0.2) is 9.78 Å². The van der Waals surface area contributed by atoms with Gasteiger partial charge in [-0.1, -0.05) is 11.6 Å². The molecule has 0 aliphatic rings. The van der Waals surface area contributed by atoms with Gasteiger partial charge in [0.25, 0.3) is 0 Å². The highest BCUT2D eigenvalue weighted by molar-refractivity contribution is 7.07. The number of fused-ring (bicyclic) bond motifs is 1. The third-order valence-corrected chi connectivity index (χ3v) is 3.95. The van der Waals surface area contributed by atoms with Crippen molar-refractivity contribution < 1.29 is 14.6 Å². The third-order valence-electron chi connectivity index (χ3n) is 3.02. The summed E-state index contributed by atoms with van der Waals surface area (Å²) in [5.74, 6) is 0.557. The maximum absolute atomic E-state index is 10.5. The summed E-state index contributed by atoms with van der Waals surface area (Å²) in [6.07, 6.45) is -1.07. The molecule has 0 fully saturated rings. The molecular weight excluding hydrogens is 326 g/mol. The fraction of sp³-hybridized carbons (Fsp3) is 0.143. The first-order valence-electron chi connectivity index (χ1n) is 6.39. The van der Waals surface area contributed by atoms with E-state index in [2.05, 4.69) is 15.3 Å². The lowest BCUT2D eigenvalue weighted by Crippen LogP contribution is -2.19. The fourth-order valence-corrected chi connectivity index (χ4v) is 2.80. The molecule has 0 saturated heterocycles. The molecule has 0 radical (unpaired) electrons. The molecule has 0 atom stereocenters. The zero-order chi connectivity index (χ0) is 15.5. The molecule has 0 aliphatic carbocycles. The molecule has 1 amide bonds. The Labute approximate surface area is 134 Å². The van der Waals surface area contributed by atoms with Crippen LogP contribution in [-0.2, 0) is 13.2 Å². The minimum Gasteiger partial charge on any atom is -0.486 e. The molecule has 0 unspecified atom stereocenters. The number of H-pyrrole nitrogens is 1. The normalized spacial score (nSPS) is 10.8. The van der Waals surface area contributed by atoms with E-state index in [1.165, 1.54) is 11.3 Å². The Balaban J connectivity index is 1.79. The van der Waals surface area contributed by atoms with Gasteiger partial charge in [-0.2, -0.15) is 0 Å². The Bertz CT molecular complexity index is 801. The number of ether oxygens (including phenoxy) is 1. The molecular formula is C14H12ClN3O3S. The number of nitrogens with one attached hydrogen (secondary N) is 2. The van der Waals surface area contributed by atoms with Gasteiger partial charge in [0, 0.05) is 28.0 Å². The van der Waals surface area contributed by atoms with Gasteiger partial charge in [-0.3, -0.25) is 0 Å². The first-order valence-corrected chi connectivity index (χ1v) is 7.71. The summed E-state index contributed by atoms with van der Waals surface area (Å²) in [6.45, 7) is 0.555. The number of carboxylic acid groups (broad SMARTS) is 1. The van der Waals surface area contributed by atoms with E-state index in [9.17, 15) is 4.79 Å². The molecule has 1 aromatic carbocycles. The number of benzene rings is 1. The first-order chi connectivity index (χ1) is 10.6. The highest BCUT2D eigenvalue weighted by Gasteiger charge is 2.09. The van der Waals surface area contributed by atoms with Crippen molar-refractivity contribution in [1.29, 1.82) is 0 Å². The maximum atomic E-state index is 10.5. The molecule has 0 spiro atoms. The number of hydrogen-bond acceptors (Lipinski definition) is 4. The Morgan fingerprint density at radius 1 is 1.45 bits per heavy atom. The standard InChI is InChI=1S/C14H12ClN3O3S/c15-11-2-8-1-9(4-16-14(19)20)18-12(8)3-13(11)21-5-10-6-22-7-17-10/h1-3,6-7,16,18H,4-5H2,(H,19,20). The molecule has 0 saturated carbocycles. The summed E-state index contributed by atoms with van der Waals surface area (Å²) in [4.78, 5) is 17.8. The zero-order valence-corrected chi connectivity index (χ0v) is 12.9. The highest BCUT2D eigenvalue weighted by atomic mass is 35.5. The summed E-state index contributed by atoms with van der Waals surface area (Å²) < 4.78 is 5.68. The van der Waals surface area contributed by atoms with Crippen LogP contribution in [0.15, 0.2) is 29.1 Å². The molecule has 22 heavy (non-hydrogen) atoms. The molecule has 3 aromatic rings. The van der Waals surface area contributed by atoms with E-state index in [0.717, 1.165) is 22.3 Å². The Morgan fingerprint density at radius 3 is 3.05 bits per heavy atom. The van der Waals surface area contributed by atoms with E-state index in [-0.39, 0.29) is 6.54 Å².